The molecule has 0 unspecified atom stereocenters. The zero-order valence-corrected chi connectivity index (χ0v) is 20.2. The van der Waals surface area contributed by atoms with E-state index in [4.69, 9.17) is 21.7 Å². The van der Waals surface area contributed by atoms with Crippen LogP contribution < -0.4 is 5.56 Å². The molecule has 0 saturated heterocycles. The second-order valence-electron chi connectivity index (χ2n) is 8.83. The van der Waals surface area contributed by atoms with Gasteiger partial charge in [0.15, 0.2) is 0 Å². The van der Waals surface area contributed by atoms with Crippen molar-refractivity contribution in [1.29, 1.82) is 0 Å². The van der Waals surface area contributed by atoms with Crippen LogP contribution in [0.15, 0.2) is 90.1 Å². The highest BCUT2D eigenvalue weighted by Gasteiger charge is 2.23. The SMILES string of the molecule is O=c1[nH]c(-c2ccc(Cl)cc2)nc2c1CN(Cc1cn(-c3ccccc3)nc1-c1ccncc1)CC2. The van der Waals surface area contributed by atoms with Gasteiger partial charge in [0.25, 0.3) is 5.56 Å². The molecule has 4 heterocycles. The van der Waals surface area contributed by atoms with Crippen LogP contribution in [0.1, 0.15) is 16.8 Å². The molecule has 178 valence electrons. The zero-order valence-electron chi connectivity index (χ0n) is 19.4. The van der Waals surface area contributed by atoms with E-state index < -0.39 is 0 Å². The monoisotopic (exact) mass is 494 g/mol. The normalized spacial score (nSPS) is 13.5. The Balaban J connectivity index is 1.30. The number of H-pyrrole nitrogens is 1. The van der Waals surface area contributed by atoms with Crippen LogP contribution in [0.4, 0.5) is 0 Å². The third-order valence-electron chi connectivity index (χ3n) is 6.42. The van der Waals surface area contributed by atoms with Crippen molar-refractivity contribution in [2.24, 2.45) is 0 Å². The number of para-hydroxylation sites is 1. The number of hydrogen-bond acceptors (Lipinski definition) is 5. The van der Waals surface area contributed by atoms with Crippen molar-refractivity contribution in [3.63, 3.8) is 0 Å². The third-order valence-corrected chi connectivity index (χ3v) is 6.68. The Bertz CT molecular complexity index is 1560. The van der Waals surface area contributed by atoms with Crippen molar-refractivity contribution in [3.05, 3.63) is 118 Å². The third kappa shape index (κ3) is 4.46. The Labute approximate surface area is 213 Å². The van der Waals surface area contributed by atoms with Crippen LogP contribution in [0.25, 0.3) is 28.3 Å². The maximum Gasteiger partial charge on any atom is 0.255 e. The fourth-order valence-electron chi connectivity index (χ4n) is 4.59. The van der Waals surface area contributed by atoms with Crippen molar-refractivity contribution in [1.82, 2.24) is 29.6 Å². The molecule has 2 aromatic carbocycles. The molecule has 1 aliphatic rings. The van der Waals surface area contributed by atoms with Crippen LogP contribution in [0.2, 0.25) is 5.02 Å². The molecule has 0 spiro atoms. The molecule has 0 radical (unpaired) electrons. The first kappa shape index (κ1) is 22.4. The van der Waals surface area contributed by atoms with E-state index in [1.54, 1.807) is 24.5 Å². The number of pyridine rings is 1. The summed E-state index contributed by atoms with van der Waals surface area (Å²) in [6, 6.07) is 21.3. The molecule has 3 aromatic heterocycles. The summed E-state index contributed by atoms with van der Waals surface area (Å²) in [7, 11) is 0. The predicted molar refractivity (Wildman–Crippen MR) is 140 cm³/mol. The van der Waals surface area contributed by atoms with Crippen LogP contribution in [-0.4, -0.2) is 36.2 Å². The number of nitrogens with zero attached hydrogens (tertiary/aromatic N) is 5. The average molecular weight is 495 g/mol. The van der Waals surface area contributed by atoms with Gasteiger partial charge in [0, 0.05) is 66.4 Å². The summed E-state index contributed by atoms with van der Waals surface area (Å²) in [6.45, 7) is 2.00. The number of fused-ring (bicyclic) bond motifs is 1. The molecular formula is C28H23ClN6O. The first-order chi connectivity index (χ1) is 17.6. The van der Waals surface area contributed by atoms with E-state index in [0.29, 0.717) is 30.4 Å². The minimum Gasteiger partial charge on any atom is -0.306 e. The molecule has 1 aliphatic heterocycles. The lowest BCUT2D eigenvalue weighted by atomic mass is 10.0. The Hall–Kier alpha value is -4.07. The van der Waals surface area contributed by atoms with Gasteiger partial charge in [-0.3, -0.25) is 14.7 Å². The lowest BCUT2D eigenvalue weighted by Crippen LogP contribution is -2.35. The highest BCUT2D eigenvalue weighted by atomic mass is 35.5. The number of aromatic nitrogens is 5. The average Bonchev–Trinajstić information content (AvgIpc) is 3.34. The Morgan fingerprint density at radius 3 is 2.50 bits per heavy atom. The molecule has 0 amide bonds. The molecule has 0 saturated carbocycles. The van der Waals surface area contributed by atoms with Gasteiger partial charge < -0.3 is 4.98 Å². The first-order valence-electron chi connectivity index (χ1n) is 11.8. The van der Waals surface area contributed by atoms with Crippen molar-refractivity contribution >= 4 is 11.6 Å². The lowest BCUT2D eigenvalue weighted by Gasteiger charge is -2.27. The Kier molecular flexibility index (Phi) is 5.93. The van der Waals surface area contributed by atoms with E-state index in [0.717, 1.165) is 45.9 Å². The Morgan fingerprint density at radius 2 is 1.72 bits per heavy atom. The number of hydrogen-bond donors (Lipinski definition) is 1. The summed E-state index contributed by atoms with van der Waals surface area (Å²) >= 11 is 6.01. The van der Waals surface area contributed by atoms with Crippen LogP contribution >= 0.6 is 11.6 Å². The number of benzene rings is 2. The lowest BCUT2D eigenvalue weighted by molar-refractivity contribution is 0.242. The van der Waals surface area contributed by atoms with Crippen molar-refractivity contribution in [2.45, 2.75) is 19.5 Å². The van der Waals surface area contributed by atoms with Gasteiger partial charge in [-0.1, -0.05) is 29.8 Å². The van der Waals surface area contributed by atoms with E-state index in [1.807, 2.05) is 59.3 Å². The second kappa shape index (κ2) is 9.53. The quantitative estimate of drug-likeness (QED) is 0.376. The molecule has 6 rings (SSSR count). The molecule has 7 nitrogen and oxygen atoms in total. The molecule has 36 heavy (non-hydrogen) atoms. The number of rotatable bonds is 5. The van der Waals surface area contributed by atoms with Gasteiger partial charge in [0.1, 0.15) is 5.82 Å². The summed E-state index contributed by atoms with van der Waals surface area (Å²) in [5.74, 6) is 0.577. The van der Waals surface area contributed by atoms with Gasteiger partial charge in [0.2, 0.25) is 0 Å². The summed E-state index contributed by atoms with van der Waals surface area (Å²) < 4.78 is 1.91. The number of aromatic amines is 1. The van der Waals surface area contributed by atoms with Crippen molar-refractivity contribution in [2.75, 3.05) is 6.54 Å². The molecule has 0 bridgehead atoms. The standard InChI is InChI=1S/C28H23ClN6O/c29-22-8-6-20(7-9-22)27-31-25-12-15-34(18-24(25)28(36)32-27)16-21-17-35(23-4-2-1-3-5-23)33-26(21)19-10-13-30-14-11-19/h1-11,13-14,17H,12,15-16,18H2,(H,31,32,36). The smallest absolute Gasteiger partial charge is 0.255 e. The van der Waals surface area contributed by atoms with E-state index in [-0.39, 0.29) is 5.56 Å². The summed E-state index contributed by atoms with van der Waals surface area (Å²) in [6.07, 6.45) is 6.34. The van der Waals surface area contributed by atoms with Gasteiger partial charge in [0.05, 0.1) is 22.6 Å². The summed E-state index contributed by atoms with van der Waals surface area (Å²) in [4.78, 5) is 27.2. The van der Waals surface area contributed by atoms with E-state index in [9.17, 15) is 4.79 Å². The molecule has 5 aromatic rings. The highest BCUT2D eigenvalue weighted by Crippen LogP contribution is 2.27. The number of halogens is 1. The van der Waals surface area contributed by atoms with Crippen LogP contribution in [0.5, 0.6) is 0 Å². The maximum absolute atomic E-state index is 13.0. The van der Waals surface area contributed by atoms with Gasteiger partial charge >= 0.3 is 0 Å². The van der Waals surface area contributed by atoms with E-state index in [1.165, 1.54) is 0 Å². The first-order valence-corrected chi connectivity index (χ1v) is 12.2. The van der Waals surface area contributed by atoms with Crippen LogP contribution in [0, 0.1) is 0 Å². The fraction of sp³-hybridized carbons (Fsp3) is 0.143. The fourth-order valence-corrected chi connectivity index (χ4v) is 4.72. The minimum atomic E-state index is -0.0935. The molecule has 0 aliphatic carbocycles. The van der Waals surface area contributed by atoms with Crippen molar-refractivity contribution < 1.29 is 0 Å². The van der Waals surface area contributed by atoms with E-state index in [2.05, 4.69) is 21.1 Å². The number of nitrogens with one attached hydrogen (secondary N) is 1. The van der Waals surface area contributed by atoms with Gasteiger partial charge in [-0.2, -0.15) is 5.10 Å². The minimum absolute atomic E-state index is 0.0935. The molecule has 1 N–H and O–H groups in total. The topological polar surface area (TPSA) is 79.7 Å². The van der Waals surface area contributed by atoms with Crippen molar-refractivity contribution in [3.8, 4) is 28.3 Å². The van der Waals surface area contributed by atoms with Gasteiger partial charge in [-0.25, -0.2) is 9.67 Å². The second-order valence-corrected chi connectivity index (χ2v) is 9.26. The highest BCUT2D eigenvalue weighted by molar-refractivity contribution is 6.30. The van der Waals surface area contributed by atoms with E-state index >= 15 is 0 Å². The molecule has 8 heteroatoms. The zero-order chi connectivity index (χ0) is 24.5. The summed E-state index contributed by atoms with van der Waals surface area (Å²) in [5.41, 5.74) is 6.35. The van der Waals surface area contributed by atoms with Crippen LogP contribution in [-0.2, 0) is 19.5 Å². The maximum atomic E-state index is 13.0. The largest absolute Gasteiger partial charge is 0.306 e. The molecule has 0 fully saturated rings. The predicted octanol–water partition coefficient (Wildman–Crippen LogP) is 4.90. The molecule has 0 atom stereocenters. The summed E-state index contributed by atoms with van der Waals surface area (Å²) in [5, 5.41) is 5.55. The van der Waals surface area contributed by atoms with Crippen LogP contribution in [0.3, 0.4) is 0 Å². The Morgan fingerprint density at radius 1 is 0.944 bits per heavy atom. The van der Waals surface area contributed by atoms with Gasteiger partial charge in [-0.05, 0) is 48.5 Å². The van der Waals surface area contributed by atoms with Gasteiger partial charge in [-0.15, -0.1) is 0 Å². The molecular weight excluding hydrogens is 472 g/mol.